The summed E-state index contributed by atoms with van der Waals surface area (Å²) in [5.74, 6) is -0.189. The molecule has 1 aliphatic carbocycles. The normalized spacial score (nSPS) is 21.1. The Morgan fingerprint density at radius 2 is 1.82 bits per heavy atom. The molecule has 2 atom stereocenters. The molecule has 0 saturated heterocycles. The first-order valence-electron chi connectivity index (χ1n) is 8.62. The summed E-state index contributed by atoms with van der Waals surface area (Å²) in [5.41, 5.74) is 2.82. The van der Waals surface area contributed by atoms with Gasteiger partial charge in [-0.3, -0.25) is 9.59 Å². The van der Waals surface area contributed by atoms with Crippen molar-refractivity contribution < 1.29 is 14.7 Å². The molecule has 28 heavy (non-hydrogen) atoms. The van der Waals surface area contributed by atoms with Crippen molar-refractivity contribution in [1.82, 2.24) is 5.32 Å². The first kappa shape index (κ1) is 19.5. The highest BCUT2D eigenvalue weighted by Crippen LogP contribution is 2.34. The number of carboxylic acids is 1. The third-order valence-electron chi connectivity index (χ3n) is 4.53. The van der Waals surface area contributed by atoms with Crippen LogP contribution in [0.4, 0.5) is 0 Å². The Balaban J connectivity index is 1.89. The number of alkyl halides is 1. The highest BCUT2D eigenvalue weighted by molar-refractivity contribution is 6.27. The van der Waals surface area contributed by atoms with Crippen LogP contribution >= 0.6 is 11.6 Å². The van der Waals surface area contributed by atoms with Gasteiger partial charge in [-0.2, -0.15) is 0 Å². The summed E-state index contributed by atoms with van der Waals surface area (Å²) in [5, 5.41) is 12.2. The second-order valence-electron chi connectivity index (χ2n) is 6.62. The third kappa shape index (κ3) is 4.00. The predicted octanol–water partition coefficient (Wildman–Crippen LogP) is 4.24. The summed E-state index contributed by atoms with van der Waals surface area (Å²) < 4.78 is 0. The van der Waals surface area contributed by atoms with E-state index >= 15 is 0 Å². The van der Waals surface area contributed by atoms with Gasteiger partial charge in [-0.15, -0.1) is 18.0 Å². The molecule has 0 fully saturated rings. The quantitative estimate of drug-likeness (QED) is 0.605. The van der Waals surface area contributed by atoms with Crippen molar-refractivity contribution in [3.8, 4) is 23.5 Å². The lowest BCUT2D eigenvalue weighted by molar-refractivity contribution is -0.139. The maximum atomic E-state index is 12.8. The standard InChI is InChI=1S/C23H18ClNO3/c1-3-18-13-19(22(27)28)20(14-23(18,2)24)25-21(26)17-11-7-10-16(12-17)15-8-5-4-6-9-15/h1,4-14,19H,2H3,(H,25,26)(H,27,28). The van der Waals surface area contributed by atoms with Gasteiger partial charge in [0.1, 0.15) is 5.92 Å². The highest BCUT2D eigenvalue weighted by atomic mass is 35.5. The molecule has 0 aromatic heterocycles. The number of carbonyl (C=O) groups is 2. The van der Waals surface area contributed by atoms with Gasteiger partial charge in [-0.1, -0.05) is 54.5 Å². The maximum Gasteiger partial charge on any atom is 0.316 e. The average Bonchev–Trinajstić information content (AvgIpc) is 2.68. The monoisotopic (exact) mass is 391 g/mol. The van der Waals surface area contributed by atoms with E-state index in [1.165, 1.54) is 12.2 Å². The Kier molecular flexibility index (Phi) is 5.39. The summed E-state index contributed by atoms with van der Waals surface area (Å²) >= 11 is 6.41. The molecule has 2 unspecified atom stereocenters. The van der Waals surface area contributed by atoms with Crippen LogP contribution in [-0.2, 0) is 4.79 Å². The van der Waals surface area contributed by atoms with Gasteiger partial charge in [-0.25, -0.2) is 0 Å². The van der Waals surface area contributed by atoms with Crippen LogP contribution in [0.15, 0.2) is 78.0 Å². The zero-order valence-electron chi connectivity index (χ0n) is 15.1. The Hall–Kier alpha value is -3.29. The minimum atomic E-state index is -1.12. The molecule has 0 bridgehead atoms. The van der Waals surface area contributed by atoms with Crippen LogP contribution in [0.3, 0.4) is 0 Å². The Morgan fingerprint density at radius 1 is 1.14 bits per heavy atom. The molecule has 0 radical (unpaired) electrons. The van der Waals surface area contributed by atoms with Gasteiger partial charge in [0.25, 0.3) is 5.91 Å². The van der Waals surface area contributed by atoms with Crippen LogP contribution in [0.5, 0.6) is 0 Å². The minimum absolute atomic E-state index is 0.194. The Morgan fingerprint density at radius 3 is 2.46 bits per heavy atom. The van der Waals surface area contributed by atoms with Gasteiger partial charge >= 0.3 is 5.97 Å². The summed E-state index contributed by atoms with van der Waals surface area (Å²) in [7, 11) is 0. The number of carboxylic acid groups (broad SMARTS) is 1. The van der Waals surface area contributed by atoms with E-state index < -0.39 is 22.7 Å². The maximum absolute atomic E-state index is 12.8. The first-order chi connectivity index (χ1) is 13.3. The number of carbonyl (C=O) groups excluding carboxylic acids is 1. The molecule has 0 saturated carbocycles. The van der Waals surface area contributed by atoms with E-state index in [2.05, 4.69) is 11.2 Å². The zero-order valence-corrected chi connectivity index (χ0v) is 15.9. The van der Waals surface area contributed by atoms with E-state index in [1.807, 2.05) is 36.4 Å². The van der Waals surface area contributed by atoms with Gasteiger partial charge < -0.3 is 10.4 Å². The average molecular weight is 392 g/mol. The lowest BCUT2D eigenvalue weighted by Gasteiger charge is -2.28. The van der Waals surface area contributed by atoms with Crippen LogP contribution < -0.4 is 5.32 Å². The largest absolute Gasteiger partial charge is 0.481 e. The number of allylic oxidation sites excluding steroid dienone is 2. The number of hydrogen-bond donors (Lipinski definition) is 2. The third-order valence-corrected chi connectivity index (χ3v) is 4.85. The van der Waals surface area contributed by atoms with Crippen molar-refractivity contribution in [3.05, 3.63) is 83.6 Å². The Labute approximate surface area is 168 Å². The number of amides is 1. The predicted molar refractivity (Wildman–Crippen MR) is 110 cm³/mol. The Bertz CT molecular complexity index is 1030. The van der Waals surface area contributed by atoms with Gasteiger partial charge in [-0.05, 0) is 36.3 Å². The topological polar surface area (TPSA) is 66.4 Å². The van der Waals surface area contributed by atoms with Crippen LogP contribution in [-0.4, -0.2) is 21.9 Å². The molecule has 2 N–H and O–H groups in total. The second kappa shape index (κ2) is 7.75. The summed E-state index contributed by atoms with van der Waals surface area (Å²) in [4.78, 5) is 23.4. The number of nitrogens with one attached hydrogen (secondary N) is 1. The van der Waals surface area contributed by atoms with Gasteiger partial charge in [0, 0.05) is 16.8 Å². The number of benzene rings is 2. The van der Waals surface area contributed by atoms with E-state index in [1.54, 1.807) is 25.1 Å². The molecular weight excluding hydrogens is 374 g/mol. The highest BCUT2D eigenvalue weighted by Gasteiger charge is 2.34. The van der Waals surface area contributed by atoms with E-state index in [9.17, 15) is 14.7 Å². The zero-order chi connectivity index (χ0) is 20.3. The summed E-state index contributed by atoms with van der Waals surface area (Å²) in [6, 6.07) is 16.8. The van der Waals surface area contributed by atoms with Crippen LogP contribution in [0.2, 0.25) is 0 Å². The molecule has 2 aromatic carbocycles. The van der Waals surface area contributed by atoms with Gasteiger partial charge in [0.2, 0.25) is 0 Å². The van der Waals surface area contributed by atoms with Gasteiger partial charge in [0.15, 0.2) is 0 Å². The SMILES string of the molecule is C#CC1=CC(C(=O)O)C(NC(=O)c2cccc(-c3ccccc3)c2)=CC1(C)Cl. The summed E-state index contributed by atoms with van der Waals surface area (Å²) in [6.07, 6.45) is 8.32. The molecule has 0 heterocycles. The molecule has 0 spiro atoms. The fourth-order valence-corrected chi connectivity index (χ4v) is 3.30. The molecule has 0 aliphatic heterocycles. The number of hydrogen-bond acceptors (Lipinski definition) is 2. The molecule has 140 valence electrons. The summed E-state index contributed by atoms with van der Waals surface area (Å²) in [6.45, 7) is 1.65. The van der Waals surface area contributed by atoms with Gasteiger partial charge in [0.05, 0.1) is 4.87 Å². The number of rotatable bonds is 4. The lowest BCUT2D eigenvalue weighted by Crippen LogP contribution is -2.35. The van der Waals surface area contributed by atoms with Crippen LogP contribution in [0.1, 0.15) is 17.3 Å². The fourth-order valence-electron chi connectivity index (χ4n) is 3.06. The molecule has 1 amide bonds. The number of halogens is 1. The fraction of sp³-hybridized carbons (Fsp3) is 0.130. The van der Waals surface area contributed by atoms with Crippen molar-refractivity contribution in [2.45, 2.75) is 11.8 Å². The molecule has 1 aliphatic rings. The van der Waals surface area contributed by atoms with E-state index in [4.69, 9.17) is 18.0 Å². The van der Waals surface area contributed by atoms with Crippen molar-refractivity contribution in [2.75, 3.05) is 0 Å². The van der Waals surface area contributed by atoms with Crippen molar-refractivity contribution in [1.29, 1.82) is 0 Å². The molecular formula is C23H18ClNO3. The molecule has 4 nitrogen and oxygen atoms in total. The number of terminal acetylenes is 1. The van der Waals surface area contributed by atoms with Crippen molar-refractivity contribution in [3.63, 3.8) is 0 Å². The molecule has 2 aromatic rings. The van der Waals surface area contributed by atoms with E-state index in [0.717, 1.165) is 11.1 Å². The van der Waals surface area contributed by atoms with Crippen molar-refractivity contribution >= 4 is 23.5 Å². The van der Waals surface area contributed by atoms with Crippen LogP contribution in [0.25, 0.3) is 11.1 Å². The van der Waals surface area contributed by atoms with Crippen LogP contribution in [0, 0.1) is 18.3 Å². The lowest BCUT2D eigenvalue weighted by atomic mass is 9.86. The first-order valence-corrected chi connectivity index (χ1v) is 9.00. The molecule has 5 heteroatoms. The minimum Gasteiger partial charge on any atom is -0.481 e. The van der Waals surface area contributed by atoms with Crippen molar-refractivity contribution in [2.24, 2.45) is 5.92 Å². The second-order valence-corrected chi connectivity index (χ2v) is 7.40. The smallest absolute Gasteiger partial charge is 0.316 e. The molecule has 3 rings (SSSR count). The number of aliphatic carboxylic acids is 1. The van der Waals surface area contributed by atoms with E-state index in [-0.39, 0.29) is 5.70 Å². The van der Waals surface area contributed by atoms with E-state index in [0.29, 0.717) is 11.1 Å².